The minimum Gasteiger partial charge on any atom is -0.375 e. The van der Waals surface area contributed by atoms with Crippen LogP contribution in [0.2, 0.25) is 0 Å². The lowest BCUT2D eigenvalue weighted by atomic mass is 9.92. The molecule has 198 valence electrons. The predicted octanol–water partition coefficient (Wildman–Crippen LogP) is 9.55. The summed E-state index contributed by atoms with van der Waals surface area (Å²) in [6.45, 7) is 23.6. The molecule has 36 heavy (non-hydrogen) atoms. The fourth-order valence-electron chi connectivity index (χ4n) is 4.09. The number of piperidine rings is 1. The number of nitrogens with zero attached hydrogens (tertiary/aromatic N) is 2. The van der Waals surface area contributed by atoms with Gasteiger partial charge in [0.1, 0.15) is 0 Å². The lowest BCUT2D eigenvalue weighted by Gasteiger charge is -2.31. The number of hydrogen-bond acceptors (Lipinski definition) is 2. The first-order valence-corrected chi connectivity index (χ1v) is 13.8. The Labute approximate surface area is 223 Å². The Morgan fingerprint density at radius 3 is 2.03 bits per heavy atom. The molecule has 2 nitrogen and oxygen atoms in total. The zero-order valence-corrected chi connectivity index (χ0v) is 23.9. The van der Waals surface area contributed by atoms with Gasteiger partial charge in [0.2, 0.25) is 0 Å². The lowest BCUT2D eigenvalue weighted by Crippen LogP contribution is -2.28. The second-order valence-corrected chi connectivity index (χ2v) is 10.1. The molecule has 2 aliphatic heterocycles. The third kappa shape index (κ3) is 12.8. The molecule has 2 aromatic rings. The molecule has 1 unspecified atom stereocenters. The molecule has 0 aromatic heterocycles. The number of likely N-dealkylation sites (tertiary alicyclic amines) is 1. The van der Waals surface area contributed by atoms with E-state index in [2.05, 4.69) is 93.8 Å². The second kappa shape index (κ2) is 18.5. The summed E-state index contributed by atoms with van der Waals surface area (Å²) in [6, 6.07) is 19.0. The molecule has 1 fully saturated rings. The molecule has 0 saturated carbocycles. The van der Waals surface area contributed by atoms with Crippen molar-refractivity contribution in [2.24, 2.45) is 0 Å². The molecule has 1 atom stereocenters. The average Bonchev–Trinajstić information content (AvgIpc) is 2.91. The monoisotopic (exact) mass is 488 g/mol. The van der Waals surface area contributed by atoms with Gasteiger partial charge in [0.25, 0.3) is 0 Å². The van der Waals surface area contributed by atoms with Crippen molar-refractivity contribution >= 4 is 5.69 Å². The third-order valence-electron chi connectivity index (χ3n) is 6.76. The number of rotatable bonds is 5. The summed E-state index contributed by atoms with van der Waals surface area (Å²) in [5.74, 6) is 0.734. The highest BCUT2D eigenvalue weighted by molar-refractivity contribution is 5.56. The van der Waals surface area contributed by atoms with Crippen molar-refractivity contribution in [1.82, 2.24) is 4.90 Å². The van der Waals surface area contributed by atoms with Crippen LogP contribution in [0.15, 0.2) is 91.7 Å². The molecule has 0 radical (unpaired) electrons. The Kier molecular flexibility index (Phi) is 16.1. The Balaban J connectivity index is 0.000000254. The topological polar surface area (TPSA) is 6.48 Å². The number of para-hydroxylation sites is 1. The quantitative estimate of drug-likeness (QED) is 0.387. The summed E-state index contributed by atoms with van der Waals surface area (Å²) >= 11 is 0. The van der Waals surface area contributed by atoms with Crippen LogP contribution in [0.3, 0.4) is 0 Å². The normalized spacial score (nSPS) is 16.0. The molecule has 2 aliphatic rings. The zero-order chi connectivity index (χ0) is 26.8. The fourth-order valence-corrected chi connectivity index (χ4v) is 4.09. The highest BCUT2D eigenvalue weighted by atomic mass is 15.1. The molecule has 0 spiro atoms. The van der Waals surface area contributed by atoms with Crippen molar-refractivity contribution < 1.29 is 0 Å². The smallest absolute Gasteiger partial charge is 0.0398 e. The third-order valence-corrected chi connectivity index (χ3v) is 6.76. The van der Waals surface area contributed by atoms with Crippen molar-refractivity contribution in [1.29, 1.82) is 0 Å². The van der Waals surface area contributed by atoms with Crippen molar-refractivity contribution in [2.45, 2.75) is 78.6 Å². The van der Waals surface area contributed by atoms with E-state index in [0.717, 1.165) is 25.2 Å². The van der Waals surface area contributed by atoms with E-state index in [0.29, 0.717) is 0 Å². The van der Waals surface area contributed by atoms with Gasteiger partial charge >= 0.3 is 0 Å². The Morgan fingerprint density at radius 2 is 1.53 bits per heavy atom. The highest BCUT2D eigenvalue weighted by Crippen LogP contribution is 2.33. The number of allylic oxidation sites excluding steroid dienone is 3. The van der Waals surface area contributed by atoms with Crippen LogP contribution in [-0.4, -0.2) is 31.6 Å². The average molecular weight is 489 g/mol. The van der Waals surface area contributed by atoms with Crippen LogP contribution in [0.5, 0.6) is 0 Å². The summed E-state index contributed by atoms with van der Waals surface area (Å²) in [5.41, 5.74) is 6.80. The summed E-state index contributed by atoms with van der Waals surface area (Å²) in [6.07, 6.45) is 10.6. The molecule has 0 bridgehead atoms. The molecule has 2 heteroatoms. The first-order chi connectivity index (χ1) is 17.3. The van der Waals surface area contributed by atoms with Gasteiger partial charge in [-0.3, -0.25) is 0 Å². The second-order valence-electron chi connectivity index (χ2n) is 10.1. The van der Waals surface area contributed by atoms with Crippen LogP contribution < -0.4 is 4.90 Å². The SMILES string of the molecule is C=C(C)CC.C=CCCC(=C)N1CCCCC1.CC1CCN(C)c2ccccc21.Cc1ccccc1. The first-order valence-electron chi connectivity index (χ1n) is 13.8. The van der Waals surface area contributed by atoms with E-state index in [1.807, 2.05) is 31.2 Å². The van der Waals surface area contributed by atoms with Gasteiger partial charge in [-0.25, -0.2) is 0 Å². The Hall–Kier alpha value is -2.74. The first kappa shape index (κ1) is 31.3. The van der Waals surface area contributed by atoms with Gasteiger partial charge in [-0.1, -0.05) is 86.2 Å². The van der Waals surface area contributed by atoms with Crippen molar-refractivity contribution in [3.63, 3.8) is 0 Å². The summed E-state index contributed by atoms with van der Waals surface area (Å²) in [5, 5.41) is 0. The van der Waals surface area contributed by atoms with Crippen LogP contribution in [0.25, 0.3) is 0 Å². The minimum absolute atomic E-state index is 0.734. The van der Waals surface area contributed by atoms with Crippen molar-refractivity contribution in [3.8, 4) is 0 Å². The fraction of sp³-hybridized carbons (Fsp3) is 0.471. The highest BCUT2D eigenvalue weighted by Gasteiger charge is 2.18. The largest absolute Gasteiger partial charge is 0.375 e. The number of fused-ring (bicyclic) bond motifs is 1. The van der Waals surface area contributed by atoms with Gasteiger partial charge in [-0.2, -0.15) is 0 Å². The summed E-state index contributed by atoms with van der Waals surface area (Å²) < 4.78 is 0. The minimum atomic E-state index is 0.734. The Bertz CT molecular complexity index is 848. The van der Waals surface area contributed by atoms with E-state index in [9.17, 15) is 0 Å². The van der Waals surface area contributed by atoms with E-state index in [4.69, 9.17) is 0 Å². The lowest BCUT2D eigenvalue weighted by molar-refractivity contribution is 0.278. The van der Waals surface area contributed by atoms with Crippen LogP contribution in [0.4, 0.5) is 5.69 Å². The molecule has 0 N–H and O–H groups in total. The number of aryl methyl sites for hydroxylation is 1. The summed E-state index contributed by atoms with van der Waals surface area (Å²) in [4.78, 5) is 4.77. The van der Waals surface area contributed by atoms with Gasteiger partial charge in [-0.05, 0) is 76.3 Å². The molecule has 2 heterocycles. The standard InChI is InChI=1S/C11H15N.C11H19N.C7H8.C5H10/c1-9-7-8-12(2)11-6-4-3-5-10(9)11;1-3-4-8-11(2)12-9-6-5-7-10-12;1-7-5-3-2-4-6-7;1-4-5(2)3/h3-6,9H,7-8H2,1-2H3;3H,1-2,4-10H2;2-6H,1H3;2,4H2,1,3H3. The van der Waals surface area contributed by atoms with E-state index >= 15 is 0 Å². The van der Waals surface area contributed by atoms with E-state index in [1.54, 1.807) is 0 Å². The van der Waals surface area contributed by atoms with Crippen molar-refractivity contribution in [3.05, 3.63) is 103 Å². The van der Waals surface area contributed by atoms with E-state index in [-0.39, 0.29) is 0 Å². The molecule has 4 rings (SSSR count). The molecule has 1 saturated heterocycles. The van der Waals surface area contributed by atoms with Gasteiger partial charge < -0.3 is 9.80 Å². The number of anilines is 1. The van der Waals surface area contributed by atoms with Gasteiger partial charge in [0.15, 0.2) is 0 Å². The van der Waals surface area contributed by atoms with E-state index in [1.165, 1.54) is 73.4 Å². The molecular formula is C34H52N2. The maximum Gasteiger partial charge on any atom is 0.0398 e. The molecular weight excluding hydrogens is 436 g/mol. The predicted molar refractivity (Wildman–Crippen MR) is 163 cm³/mol. The zero-order valence-electron chi connectivity index (χ0n) is 23.9. The van der Waals surface area contributed by atoms with Gasteiger partial charge in [0.05, 0.1) is 0 Å². The molecule has 0 aliphatic carbocycles. The van der Waals surface area contributed by atoms with Crippen LogP contribution >= 0.6 is 0 Å². The van der Waals surface area contributed by atoms with Gasteiger partial charge in [0, 0.05) is 38.1 Å². The van der Waals surface area contributed by atoms with Crippen molar-refractivity contribution in [2.75, 3.05) is 31.6 Å². The molecule has 2 aromatic carbocycles. The molecule has 0 amide bonds. The van der Waals surface area contributed by atoms with Crippen LogP contribution in [0.1, 0.15) is 82.8 Å². The van der Waals surface area contributed by atoms with Crippen LogP contribution in [-0.2, 0) is 0 Å². The Morgan fingerprint density at radius 1 is 0.944 bits per heavy atom. The van der Waals surface area contributed by atoms with Gasteiger partial charge in [-0.15, -0.1) is 13.2 Å². The number of benzene rings is 2. The maximum absolute atomic E-state index is 4.09. The number of hydrogen-bond donors (Lipinski definition) is 0. The summed E-state index contributed by atoms with van der Waals surface area (Å²) in [7, 11) is 2.17. The maximum atomic E-state index is 4.09. The van der Waals surface area contributed by atoms with E-state index < -0.39 is 0 Å². The van der Waals surface area contributed by atoms with Crippen LogP contribution in [0, 0.1) is 6.92 Å².